The highest BCUT2D eigenvalue weighted by Crippen LogP contribution is 2.27. The Bertz CT molecular complexity index is 188. The number of amides is 1. The van der Waals surface area contributed by atoms with Crippen LogP contribution in [0, 0.1) is 5.92 Å². The predicted octanol–water partition coefficient (Wildman–Crippen LogP) is 1.68. The fourth-order valence-corrected chi connectivity index (χ4v) is 2.51. The summed E-state index contributed by atoms with van der Waals surface area (Å²) in [6.45, 7) is 2.60. The Kier molecular flexibility index (Phi) is 5.69. The lowest BCUT2D eigenvalue weighted by Crippen LogP contribution is -2.43. The number of nitrogens with one attached hydrogen (secondary N) is 2. The summed E-state index contributed by atoms with van der Waals surface area (Å²) < 4.78 is 0. The van der Waals surface area contributed by atoms with Gasteiger partial charge in [0, 0.05) is 6.04 Å². The molecular formula is C12H24N2O. The summed E-state index contributed by atoms with van der Waals surface area (Å²) in [6.07, 6.45) is 7.68. The Hall–Kier alpha value is -0.570. The van der Waals surface area contributed by atoms with E-state index in [9.17, 15) is 4.79 Å². The van der Waals surface area contributed by atoms with Crippen molar-refractivity contribution in [2.75, 3.05) is 13.6 Å². The number of carbonyl (C=O) groups is 1. The van der Waals surface area contributed by atoms with E-state index in [1.807, 2.05) is 0 Å². The van der Waals surface area contributed by atoms with Crippen LogP contribution in [0.25, 0.3) is 0 Å². The lowest BCUT2D eigenvalue weighted by molar-refractivity contribution is -0.121. The van der Waals surface area contributed by atoms with Crippen LogP contribution in [0.3, 0.4) is 0 Å². The van der Waals surface area contributed by atoms with Crippen molar-refractivity contribution in [3.63, 3.8) is 0 Å². The van der Waals surface area contributed by atoms with Gasteiger partial charge in [-0.15, -0.1) is 0 Å². The van der Waals surface area contributed by atoms with Gasteiger partial charge in [0.1, 0.15) is 0 Å². The second-order valence-corrected chi connectivity index (χ2v) is 4.51. The number of likely N-dealkylation sites (N-methyl/N-ethyl adjacent to an activating group) is 1. The summed E-state index contributed by atoms with van der Waals surface area (Å²) >= 11 is 0. The number of hydrogen-bond acceptors (Lipinski definition) is 2. The van der Waals surface area contributed by atoms with Gasteiger partial charge in [0.2, 0.25) is 5.91 Å². The zero-order valence-corrected chi connectivity index (χ0v) is 10.0. The normalized spacial score (nSPS) is 19.9. The Morgan fingerprint density at radius 2 is 2.00 bits per heavy atom. The Balaban J connectivity index is 2.36. The third kappa shape index (κ3) is 4.20. The first-order valence-corrected chi connectivity index (χ1v) is 6.22. The molecule has 1 rings (SSSR count). The van der Waals surface area contributed by atoms with E-state index < -0.39 is 0 Å². The highest BCUT2D eigenvalue weighted by Gasteiger charge is 2.23. The number of hydrogen-bond donors (Lipinski definition) is 2. The van der Waals surface area contributed by atoms with Gasteiger partial charge in [0.15, 0.2) is 0 Å². The Labute approximate surface area is 93.0 Å². The summed E-state index contributed by atoms with van der Waals surface area (Å²) in [7, 11) is 1.81. The summed E-state index contributed by atoms with van der Waals surface area (Å²) in [5.41, 5.74) is 0. The third-order valence-corrected chi connectivity index (χ3v) is 3.34. The van der Waals surface area contributed by atoms with E-state index in [-0.39, 0.29) is 5.91 Å². The van der Waals surface area contributed by atoms with Crippen molar-refractivity contribution in [1.29, 1.82) is 0 Å². The molecule has 1 aliphatic rings. The highest BCUT2D eigenvalue weighted by atomic mass is 16.1. The van der Waals surface area contributed by atoms with Crippen molar-refractivity contribution in [2.24, 2.45) is 5.92 Å². The van der Waals surface area contributed by atoms with Crippen LogP contribution in [0.15, 0.2) is 0 Å². The molecule has 0 heterocycles. The quantitative estimate of drug-likeness (QED) is 0.728. The lowest BCUT2D eigenvalue weighted by atomic mass is 9.83. The zero-order valence-electron chi connectivity index (χ0n) is 10.0. The first-order valence-electron chi connectivity index (χ1n) is 6.22. The molecule has 88 valence electrons. The molecule has 0 saturated heterocycles. The molecule has 15 heavy (non-hydrogen) atoms. The molecule has 0 aromatic rings. The maximum Gasteiger partial charge on any atom is 0.234 e. The van der Waals surface area contributed by atoms with E-state index in [4.69, 9.17) is 0 Å². The summed E-state index contributed by atoms with van der Waals surface area (Å²) in [4.78, 5) is 11.5. The molecule has 3 heteroatoms. The Morgan fingerprint density at radius 1 is 1.33 bits per heavy atom. The van der Waals surface area contributed by atoms with Crippen molar-refractivity contribution in [3.05, 3.63) is 0 Å². The minimum atomic E-state index is 0.134. The first-order chi connectivity index (χ1) is 7.27. The van der Waals surface area contributed by atoms with Crippen molar-refractivity contribution in [3.8, 4) is 0 Å². The van der Waals surface area contributed by atoms with E-state index >= 15 is 0 Å². The fraction of sp³-hybridized carbons (Fsp3) is 0.917. The van der Waals surface area contributed by atoms with Crippen LogP contribution in [0.5, 0.6) is 0 Å². The van der Waals surface area contributed by atoms with Crippen LogP contribution in [0.4, 0.5) is 0 Å². The first kappa shape index (κ1) is 12.5. The molecule has 3 nitrogen and oxygen atoms in total. The van der Waals surface area contributed by atoms with E-state index in [0.29, 0.717) is 18.5 Å². The van der Waals surface area contributed by atoms with Crippen LogP contribution >= 0.6 is 0 Å². The van der Waals surface area contributed by atoms with Gasteiger partial charge in [-0.05, 0) is 32.2 Å². The maximum absolute atomic E-state index is 11.5. The van der Waals surface area contributed by atoms with Crippen LogP contribution < -0.4 is 10.6 Å². The molecule has 1 fully saturated rings. The van der Waals surface area contributed by atoms with Crippen LogP contribution in [-0.4, -0.2) is 25.5 Å². The van der Waals surface area contributed by atoms with Gasteiger partial charge >= 0.3 is 0 Å². The van der Waals surface area contributed by atoms with Gasteiger partial charge in [-0.2, -0.15) is 0 Å². The lowest BCUT2D eigenvalue weighted by Gasteiger charge is -2.30. The third-order valence-electron chi connectivity index (χ3n) is 3.34. The van der Waals surface area contributed by atoms with Gasteiger partial charge in [0.05, 0.1) is 6.54 Å². The second-order valence-electron chi connectivity index (χ2n) is 4.51. The number of carbonyl (C=O) groups excluding carboxylic acids is 1. The number of rotatable bonds is 5. The minimum absolute atomic E-state index is 0.134. The van der Waals surface area contributed by atoms with Crippen LogP contribution in [0.2, 0.25) is 0 Å². The average molecular weight is 212 g/mol. The molecule has 1 aliphatic carbocycles. The second kappa shape index (κ2) is 6.83. The van der Waals surface area contributed by atoms with Crippen molar-refractivity contribution in [1.82, 2.24) is 10.6 Å². The maximum atomic E-state index is 11.5. The molecule has 1 amide bonds. The average Bonchev–Trinajstić information content (AvgIpc) is 2.27. The molecule has 1 unspecified atom stereocenters. The zero-order chi connectivity index (χ0) is 11.1. The summed E-state index contributed by atoms with van der Waals surface area (Å²) in [5.74, 6) is 0.847. The van der Waals surface area contributed by atoms with E-state index in [1.54, 1.807) is 7.05 Å². The molecule has 1 atom stereocenters. The van der Waals surface area contributed by atoms with Gasteiger partial charge in [-0.1, -0.05) is 26.2 Å². The van der Waals surface area contributed by atoms with Gasteiger partial charge in [-0.3, -0.25) is 4.79 Å². The highest BCUT2D eigenvalue weighted by molar-refractivity contribution is 5.78. The molecule has 0 spiro atoms. The smallest absolute Gasteiger partial charge is 0.234 e. The van der Waals surface area contributed by atoms with Crippen molar-refractivity contribution >= 4 is 5.91 Å². The van der Waals surface area contributed by atoms with E-state index in [1.165, 1.54) is 32.1 Å². The standard InChI is InChI=1S/C12H24N2O/c1-3-11(14-12(15)9-13-2)10-7-5-4-6-8-10/h10-11,13H,3-9H2,1-2H3,(H,14,15). The predicted molar refractivity (Wildman–Crippen MR) is 62.7 cm³/mol. The molecular weight excluding hydrogens is 188 g/mol. The van der Waals surface area contributed by atoms with Crippen molar-refractivity contribution < 1.29 is 4.79 Å². The summed E-state index contributed by atoms with van der Waals surface area (Å²) in [6, 6.07) is 0.395. The molecule has 0 aliphatic heterocycles. The van der Waals surface area contributed by atoms with Gasteiger partial charge in [0.25, 0.3) is 0 Å². The monoisotopic (exact) mass is 212 g/mol. The Morgan fingerprint density at radius 3 is 2.53 bits per heavy atom. The van der Waals surface area contributed by atoms with Crippen molar-refractivity contribution in [2.45, 2.75) is 51.5 Å². The molecule has 2 N–H and O–H groups in total. The van der Waals surface area contributed by atoms with E-state index in [2.05, 4.69) is 17.6 Å². The fourth-order valence-electron chi connectivity index (χ4n) is 2.51. The van der Waals surface area contributed by atoms with Gasteiger partial charge < -0.3 is 10.6 Å². The molecule has 0 aromatic carbocycles. The summed E-state index contributed by atoms with van der Waals surface area (Å²) in [5, 5.41) is 6.02. The van der Waals surface area contributed by atoms with E-state index in [0.717, 1.165) is 6.42 Å². The molecule has 0 aromatic heterocycles. The largest absolute Gasteiger partial charge is 0.352 e. The minimum Gasteiger partial charge on any atom is -0.352 e. The topological polar surface area (TPSA) is 41.1 Å². The van der Waals surface area contributed by atoms with Gasteiger partial charge in [-0.25, -0.2) is 0 Å². The molecule has 0 radical (unpaired) electrons. The molecule has 0 bridgehead atoms. The van der Waals surface area contributed by atoms with Crippen LogP contribution in [-0.2, 0) is 4.79 Å². The van der Waals surface area contributed by atoms with Crippen LogP contribution in [0.1, 0.15) is 45.4 Å². The SMILES string of the molecule is CCC(NC(=O)CNC)C1CCCCC1. The molecule has 1 saturated carbocycles.